The molecule has 0 spiro atoms. The first-order chi connectivity index (χ1) is 26.2. The lowest BCUT2D eigenvalue weighted by molar-refractivity contribution is 0.446. The number of benzene rings is 4. The third-order valence-corrected chi connectivity index (χ3v) is 10.8. The Kier molecular flexibility index (Phi) is 9.60. The van der Waals surface area contributed by atoms with Gasteiger partial charge in [-0.15, -0.1) is 0 Å². The third kappa shape index (κ3) is 7.52. The van der Waals surface area contributed by atoms with E-state index in [4.69, 9.17) is 15.0 Å². The molecule has 0 unspecified atom stereocenters. The maximum atomic E-state index is 12.2. The fourth-order valence-electron chi connectivity index (χ4n) is 7.31. The molecule has 0 aliphatic heterocycles. The number of aromatic nitrogens is 4. The van der Waals surface area contributed by atoms with Gasteiger partial charge in [-0.1, -0.05) is 132 Å². The Morgan fingerprint density at radius 2 is 1.05 bits per heavy atom. The zero-order chi connectivity index (χ0) is 40.4. The molecule has 3 heterocycles. The van der Waals surface area contributed by atoms with Crippen molar-refractivity contribution in [2.75, 3.05) is 0 Å². The van der Waals surface area contributed by atoms with Crippen molar-refractivity contribution in [2.24, 2.45) is 0 Å². The summed E-state index contributed by atoms with van der Waals surface area (Å²) in [6.07, 6.45) is 3.72. The molecule has 0 aliphatic rings. The van der Waals surface area contributed by atoms with Gasteiger partial charge in [0.1, 0.15) is 11.3 Å². The standard InChI is InChI=1S/C51H56N4O/c1-48(2,3)36-27-33(28-37(29-36)49(4,5)6)32-24-34(26-35(25-32)43-20-16-17-22-52-43)40-21-23-53-47-44(40)54-46(55(47)39-18-14-13-15-19-39)41-30-38(50(7,8)9)31-42(45(41)56)51(10,11)12/h13-31,56H,1-12H3. The molecule has 7 rings (SSSR count). The lowest BCUT2D eigenvalue weighted by Gasteiger charge is -2.27. The van der Waals surface area contributed by atoms with Crippen LogP contribution in [0.2, 0.25) is 0 Å². The molecule has 7 aromatic rings. The van der Waals surface area contributed by atoms with E-state index >= 15 is 0 Å². The summed E-state index contributed by atoms with van der Waals surface area (Å²) in [6.45, 7) is 26.7. The number of hydrogen-bond acceptors (Lipinski definition) is 4. The zero-order valence-electron chi connectivity index (χ0n) is 35.2. The molecular weight excluding hydrogens is 685 g/mol. The maximum Gasteiger partial charge on any atom is 0.165 e. The molecule has 3 aromatic heterocycles. The molecule has 286 valence electrons. The second kappa shape index (κ2) is 13.9. The number of hydrogen-bond donors (Lipinski definition) is 1. The summed E-state index contributed by atoms with van der Waals surface area (Å²) < 4.78 is 2.10. The van der Waals surface area contributed by atoms with Crippen LogP contribution in [0, 0.1) is 0 Å². The Labute approximate surface area is 333 Å². The quantitative estimate of drug-likeness (QED) is 0.191. The Hall–Kier alpha value is -5.55. The van der Waals surface area contributed by atoms with E-state index in [0.29, 0.717) is 11.4 Å². The predicted octanol–water partition coefficient (Wildman–Crippen LogP) is 13.4. The van der Waals surface area contributed by atoms with Gasteiger partial charge in [0.2, 0.25) is 0 Å². The number of phenolic OH excluding ortho intramolecular Hbond substituents is 1. The number of para-hydroxylation sites is 1. The van der Waals surface area contributed by atoms with Gasteiger partial charge < -0.3 is 5.11 Å². The van der Waals surface area contributed by atoms with Crippen molar-refractivity contribution in [3.63, 3.8) is 0 Å². The van der Waals surface area contributed by atoms with Crippen LogP contribution in [0.15, 0.2) is 116 Å². The lowest BCUT2D eigenvalue weighted by atomic mass is 9.78. The van der Waals surface area contributed by atoms with Crippen molar-refractivity contribution >= 4 is 11.2 Å². The average Bonchev–Trinajstić information content (AvgIpc) is 3.53. The number of imidazole rings is 1. The van der Waals surface area contributed by atoms with Gasteiger partial charge in [-0.2, -0.15) is 0 Å². The summed E-state index contributed by atoms with van der Waals surface area (Å²) in [7, 11) is 0. The van der Waals surface area contributed by atoms with Crippen LogP contribution in [0.3, 0.4) is 0 Å². The summed E-state index contributed by atoms with van der Waals surface area (Å²) in [5, 5.41) is 12.2. The van der Waals surface area contributed by atoms with E-state index in [1.165, 1.54) is 16.7 Å². The van der Waals surface area contributed by atoms with Crippen LogP contribution in [-0.2, 0) is 21.7 Å². The SMILES string of the molecule is CC(C)(C)c1cc(-c2cc(-c3ccccn3)cc(-c3ccnc4c3nc(-c3cc(C(C)(C)C)cc(C(C)(C)C)c3O)n4-c3ccccc3)c2)cc(C(C)(C)C)c1. The number of nitrogens with zero attached hydrogens (tertiary/aromatic N) is 4. The normalized spacial score (nSPS) is 12.7. The van der Waals surface area contributed by atoms with Crippen molar-refractivity contribution in [1.29, 1.82) is 0 Å². The van der Waals surface area contributed by atoms with Gasteiger partial charge in [-0.3, -0.25) is 9.55 Å². The molecule has 5 heteroatoms. The zero-order valence-corrected chi connectivity index (χ0v) is 35.2. The van der Waals surface area contributed by atoms with Crippen LogP contribution in [-0.4, -0.2) is 24.6 Å². The van der Waals surface area contributed by atoms with E-state index in [0.717, 1.165) is 55.9 Å². The molecule has 0 radical (unpaired) electrons. The van der Waals surface area contributed by atoms with Crippen LogP contribution in [0.1, 0.15) is 105 Å². The van der Waals surface area contributed by atoms with E-state index in [1.54, 1.807) is 0 Å². The molecule has 4 aromatic carbocycles. The highest BCUT2D eigenvalue weighted by Crippen LogP contribution is 2.45. The molecular formula is C51H56N4O. The first-order valence-electron chi connectivity index (χ1n) is 19.7. The minimum atomic E-state index is -0.299. The Balaban J connectivity index is 1.56. The largest absolute Gasteiger partial charge is 0.507 e. The van der Waals surface area contributed by atoms with Gasteiger partial charge in [0, 0.05) is 34.8 Å². The summed E-state index contributed by atoms with van der Waals surface area (Å²) in [5.74, 6) is 0.890. The van der Waals surface area contributed by atoms with Crippen molar-refractivity contribution in [1.82, 2.24) is 19.5 Å². The molecule has 0 amide bonds. The Morgan fingerprint density at radius 1 is 0.482 bits per heavy atom. The second-order valence-electron chi connectivity index (χ2n) is 19.4. The highest BCUT2D eigenvalue weighted by molar-refractivity contribution is 5.96. The van der Waals surface area contributed by atoms with E-state index in [-0.39, 0.29) is 27.4 Å². The first kappa shape index (κ1) is 38.7. The van der Waals surface area contributed by atoms with Crippen LogP contribution in [0.4, 0.5) is 0 Å². The number of rotatable bonds is 5. The summed E-state index contributed by atoms with van der Waals surface area (Å²) in [6, 6.07) is 36.4. The molecule has 0 atom stereocenters. The number of fused-ring (bicyclic) bond motifs is 1. The van der Waals surface area contributed by atoms with Crippen LogP contribution in [0.25, 0.3) is 61.8 Å². The molecule has 56 heavy (non-hydrogen) atoms. The molecule has 0 saturated carbocycles. The minimum Gasteiger partial charge on any atom is -0.507 e. The Morgan fingerprint density at radius 3 is 1.64 bits per heavy atom. The van der Waals surface area contributed by atoms with E-state index in [2.05, 4.69) is 160 Å². The summed E-state index contributed by atoms with van der Waals surface area (Å²) >= 11 is 0. The van der Waals surface area contributed by atoms with Gasteiger partial charge in [0.25, 0.3) is 0 Å². The van der Waals surface area contributed by atoms with Crippen molar-refractivity contribution < 1.29 is 5.11 Å². The van der Waals surface area contributed by atoms with Crippen LogP contribution < -0.4 is 0 Å². The summed E-state index contributed by atoms with van der Waals surface area (Å²) in [5.41, 5.74) is 13.4. The molecule has 5 nitrogen and oxygen atoms in total. The van der Waals surface area contributed by atoms with Gasteiger partial charge in [-0.25, -0.2) is 9.97 Å². The smallest absolute Gasteiger partial charge is 0.165 e. The highest BCUT2D eigenvalue weighted by atomic mass is 16.3. The maximum absolute atomic E-state index is 12.2. The van der Waals surface area contributed by atoms with Crippen molar-refractivity contribution in [3.8, 4) is 56.3 Å². The fourth-order valence-corrected chi connectivity index (χ4v) is 7.31. The van der Waals surface area contributed by atoms with Gasteiger partial charge >= 0.3 is 0 Å². The number of aromatic hydroxyl groups is 1. The number of pyridine rings is 2. The number of phenols is 1. The predicted molar refractivity (Wildman–Crippen MR) is 235 cm³/mol. The topological polar surface area (TPSA) is 63.8 Å². The second-order valence-corrected chi connectivity index (χ2v) is 19.4. The van der Waals surface area contributed by atoms with Crippen LogP contribution in [0.5, 0.6) is 5.75 Å². The Bertz CT molecular complexity index is 2520. The van der Waals surface area contributed by atoms with Crippen molar-refractivity contribution in [2.45, 2.75) is 105 Å². The van der Waals surface area contributed by atoms with Gasteiger partial charge in [0.05, 0.1) is 11.3 Å². The van der Waals surface area contributed by atoms with Gasteiger partial charge in [0.15, 0.2) is 11.5 Å². The third-order valence-electron chi connectivity index (χ3n) is 10.8. The first-order valence-corrected chi connectivity index (χ1v) is 19.7. The average molecular weight is 741 g/mol. The van der Waals surface area contributed by atoms with Gasteiger partial charge in [-0.05, 0) is 110 Å². The lowest BCUT2D eigenvalue weighted by Crippen LogP contribution is -2.17. The van der Waals surface area contributed by atoms with Crippen molar-refractivity contribution in [3.05, 3.63) is 138 Å². The van der Waals surface area contributed by atoms with E-state index in [1.807, 2.05) is 42.7 Å². The summed E-state index contributed by atoms with van der Waals surface area (Å²) in [4.78, 5) is 15.3. The van der Waals surface area contributed by atoms with E-state index in [9.17, 15) is 5.11 Å². The van der Waals surface area contributed by atoms with Crippen LogP contribution >= 0.6 is 0 Å². The molecule has 0 fully saturated rings. The molecule has 0 saturated heterocycles. The highest BCUT2D eigenvalue weighted by Gasteiger charge is 2.29. The molecule has 0 bridgehead atoms. The fraction of sp³-hybridized carbons (Fsp3) is 0.314. The molecule has 1 N–H and O–H groups in total. The van der Waals surface area contributed by atoms with E-state index < -0.39 is 0 Å². The minimum absolute atomic E-state index is 0.0297. The molecule has 0 aliphatic carbocycles. The monoisotopic (exact) mass is 740 g/mol.